The normalized spacial score (nSPS) is 19.0. The lowest BCUT2D eigenvalue weighted by atomic mass is 9.83. The van der Waals surface area contributed by atoms with E-state index in [-0.39, 0.29) is 28.4 Å². The average molecular weight is 555 g/mol. The van der Waals surface area contributed by atoms with Crippen LogP contribution in [-0.4, -0.2) is 39.3 Å². The number of rotatable bonds is 7. The number of hydrogen-bond donors (Lipinski definition) is 1. The van der Waals surface area contributed by atoms with Crippen LogP contribution in [0.4, 0.5) is 14.5 Å². The Morgan fingerprint density at radius 3 is 1.92 bits per heavy atom. The Kier molecular flexibility index (Phi) is 8.67. The molecule has 0 spiro atoms. The first-order valence-electron chi connectivity index (χ1n) is 12.9. The third kappa shape index (κ3) is 6.15. The molecule has 38 heavy (non-hydrogen) atoms. The summed E-state index contributed by atoms with van der Waals surface area (Å²) in [5.74, 6) is -1.99. The van der Waals surface area contributed by atoms with Crippen molar-refractivity contribution in [1.82, 2.24) is 0 Å². The molecule has 0 saturated carbocycles. The highest BCUT2D eigenvalue weighted by Crippen LogP contribution is 2.44. The molecule has 3 atom stereocenters. The van der Waals surface area contributed by atoms with Gasteiger partial charge in [-0.3, -0.25) is 0 Å². The van der Waals surface area contributed by atoms with Crippen molar-refractivity contribution < 1.29 is 17.9 Å². The van der Waals surface area contributed by atoms with Crippen molar-refractivity contribution in [2.24, 2.45) is 11.1 Å². The van der Waals surface area contributed by atoms with E-state index in [4.69, 9.17) is 27.1 Å². The molecule has 1 saturated heterocycles. The summed E-state index contributed by atoms with van der Waals surface area (Å²) >= 11 is 5.13. The van der Waals surface area contributed by atoms with E-state index in [1.165, 1.54) is 0 Å². The number of ether oxygens (including phenoxy) is 1. The molecule has 1 aliphatic heterocycles. The average Bonchev–Trinajstić information content (AvgIpc) is 2.86. The summed E-state index contributed by atoms with van der Waals surface area (Å²) < 4.78 is 44.4. The van der Waals surface area contributed by atoms with E-state index < -0.39 is 32.2 Å². The van der Waals surface area contributed by atoms with E-state index in [9.17, 15) is 0 Å². The van der Waals surface area contributed by atoms with Crippen LogP contribution in [0, 0.1) is 17.0 Å². The van der Waals surface area contributed by atoms with Crippen molar-refractivity contribution in [2.75, 3.05) is 18.0 Å². The summed E-state index contributed by atoms with van der Waals surface area (Å²) in [5, 5.41) is 2.19. The zero-order valence-electron chi connectivity index (χ0n) is 22.6. The molecule has 3 aromatic carbocycles. The molecule has 0 bridgehead atoms. The number of anilines is 1. The fourth-order valence-electron chi connectivity index (χ4n) is 5.18. The topological polar surface area (TPSA) is 47.7 Å². The first-order valence-corrected chi connectivity index (χ1v) is 15.0. The molecule has 0 amide bonds. The second-order valence-corrected chi connectivity index (χ2v) is 13.9. The molecular formula is C30H36F2N2O2SSi. The third-order valence-corrected chi connectivity index (χ3v) is 9.50. The standard InChI is InChI=1S/C30H36F2N2O2SSi/c1-19-17-34(18-20(2)35-19)27-24(16-23(29(33)37)25(31)26(27)32)28(30(3,4)5)36-38(21-12-8-6-9-13-21)22-14-10-7-11-15-22/h6-16,19-20,28,38H,17-18H2,1-5H3,(H2,33,37). The van der Waals surface area contributed by atoms with Gasteiger partial charge < -0.3 is 19.8 Å². The minimum absolute atomic E-state index is 0.110. The summed E-state index contributed by atoms with van der Waals surface area (Å²) in [6, 6.07) is 21.8. The molecular weight excluding hydrogens is 518 g/mol. The van der Waals surface area contributed by atoms with Crippen LogP contribution in [0.15, 0.2) is 66.7 Å². The molecule has 0 radical (unpaired) electrons. The highest BCUT2D eigenvalue weighted by atomic mass is 32.1. The molecule has 4 rings (SSSR count). The monoisotopic (exact) mass is 554 g/mol. The molecule has 2 N–H and O–H groups in total. The largest absolute Gasteiger partial charge is 0.403 e. The van der Waals surface area contributed by atoms with Crippen LogP contribution in [0.2, 0.25) is 0 Å². The van der Waals surface area contributed by atoms with Gasteiger partial charge in [0.2, 0.25) is 9.04 Å². The summed E-state index contributed by atoms with van der Waals surface area (Å²) in [6.07, 6.45) is -0.866. The summed E-state index contributed by atoms with van der Waals surface area (Å²) in [4.78, 5) is 1.69. The van der Waals surface area contributed by atoms with Gasteiger partial charge in [-0.05, 0) is 35.7 Å². The number of morpholine rings is 1. The van der Waals surface area contributed by atoms with Crippen LogP contribution in [0.1, 0.15) is 51.8 Å². The quantitative estimate of drug-likeness (QED) is 0.334. The van der Waals surface area contributed by atoms with Gasteiger partial charge in [-0.25, -0.2) is 8.78 Å². The van der Waals surface area contributed by atoms with Gasteiger partial charge in [0, 0.05) is 24.2 Å². The first kappa shape index (κ1) is 28.4. The van der Waals surface area contributed by atoms with Gasteiger partial charge in [0.05, 0.1) is 24.0 Å². The van der Waals surface area contributed by atoms with Crippen LogP contribution in [0.5, 0.6) is 0 Å². The lowest BCUT2D eigenvalue weighted by Crippen LogP contribution is -2.48. The Balaban J connectivity index is 1.92. The van der Waals surface area contributed by atoms with Gasteiger partial charge in [-0.1, -0.05) is 93.7 Å². The second-order valence-electron chi connectivity index (χ2n) is 11.1. The van der Waals surface area contributed by atoms with Crippen LogP contribution >= 0.6 is 12.2 Å². The van der Waals surface area contributed by atoms with Crippen molar-refractivity contribution >= 4 is 42.3 Å². The molecule has 1 aliphatic rings. The predicted octanol–water partition coefficient (Wildman–Crippen LogP) is 4.85. The zero-order chi connectivity index (χ0) is 27.6. The SMILES string of the molecule is CC1CN(c2c(C(O[SiH](c3ccccc3)c3ccccc3)C(C)(C)C)cc(C(N)=S)c(F)c2F)CC(C)O1. The minimum Gasteiger partial charge on any atom is -0.403 e. The van der Waals surface area contributed by atoms with Gasteiger partial charge in [0.15, 0.2) is 11.6 Å². The molecule has 202 valence electrons. The smallest absolute Gasteiger partial charge is 0.240 e. The molecule has 0 aliphatic carbocycles. The maximum atomic E-state index is 16.0. The summed E-state index contributed by atoms with van der Waals surface area (Å²) in [7, 11) is -2.26. The van der Waals surface area contributed by atoms with E-state index >= 15 is 8.78 Å². The van der Waals surface area contributed by atoms with E-state index in [2.05, 4.69) is 45.0 Å². The Labute approximate surface area is 231 Å². The van der Waals surface area contributed by atoms with E-state index in [0.29, 0.717) is 18.7 Å². The second kappa shape index (κ2) is 11.6. The number of halogens is 2. The minimum atomic E-state index is -2.26. The Hall–Kier alpha value is -2.65. The van der Waals surface area contributed by atoms with Gasteiger partial charge in [-0.15, -0.1) is 0 Å². The predicted molar refractivity (Wildman–Crippen MR) is 157 cm³/mol. The Morgan fingerprint density at radius 2 is 1.47 bits per heavy atom. The molecule has 3 aromatic rings. The van der Waals surface area contributed by atoms with E-state index in [1.807, 2.05) is 55.1 Å². The lowest BCUT2D eigenvalue weighted by Gasteiger charge is -2.41. The number of nitrogens with zero attached hydrogens (tertiary/aromatic N) is 1. The molecule has 0 aromatic heterocycles. The van der Waals surface area contributed by atoms with Crippen molar-refractivity contribution in [2.45, 2.75) is 52.9 Å². The van der Waals surface area contributed by atoms with Crippen molar-refractivity contribution in [3.63, 3.8) is 0 Å². The van der Waals surface area contributed by atoms with Crippen molar-refractivity contribution in [3.8, 4) is 0 Å². The number of benzene rings is 3. The van der Waals surface area contributed by atoms with Gasteiger partial charge in [-0.2, -0.15) is 0 Å². The van der Waals surface area contributed by atoms with Crippen molar-refractivity contribution in [3.05, 3.63) is 89.5 Å². The van der Waals surface area contributed by atoms with Crippen molar-refractivity contribution in [1.29, 1.82) is 0 Å². The molecule has 8 heteroatoms. The maximum Gasteiger partial charge on any atom is 0.240 e. The summed E-state index contributed by atoms with van der Waals surface area (Å²) in [6.45, 7) is 10.9. The van der Waals surface area contributed by atoms with Gasteiger partial charge in [0.1, 0.15) is 4.99 Å². The van der Waals surface area contributed by atoms with E-state index in [0.717, 1.165) is 10.4 Å². The molecule has 1 fully saturated rings. The van der Waals surface area contributed by atoms with Crippen LogP contribution in [0.3, 0.4) is 0 Å². The highest BCUT2D eigenvalue weighted by Gasteiger charge is 2.38. The first-order chi connectivity index (χ1) is 18.0. The van der Waals surface area contributed by atoms with Gasteiger partial charge in [0.25, 0.3) is 0 Å². The zero-order valence-corrected chi connectivity index (χ0v) is 24.6. The van der Waals surface area contributed by atoms with Crippen LogP contribution < -0.4 is 21.0 Å². The fraction of sp³-hybridized carbons (Fsp3) is 0.367. The van der Waals surface area contributed by atoms with Gasteiger partial charge >= 0.3 is 0 Å². The number of thiocarbonyl (C=S) groups is 1. The van der Waals surface area contributed by atoms with Crippen LogP contribution in [-0.2, 0) is 9.16 Å². The van der Waals surface area contributed by atoms with E-state index in [1.54, 1.807) is 6.07 Å². The summed E-state index contributed by atoms with van der Waals surface area (Å²) in [5.41, 5.74) is 6.04. The lowest BCUT2D eigenvalue weighted by molar-refractivity contribution is -0.00575. The molecule has 4 nitrogen and oxygen atoms in total. The molecule has 3 unspecified atom stereocenters. The highest BCUT2D eigenvalue weighted by molar-refractivity contribution is 7.80. The number of hydrogen-bond acceptors (Lipinski definition) is 4. The maximum absolute atomic E-state index is 16.0. The fourth-order valence-corrected chi connectivity index (χ4v) is 8.00. The van der Waals surface area contributed by atoms with Crippen LogP contribution in [0.25, 0.3) is 0 Å². The Bertz CT molecular complexity index is 1220. The molecule has 1 heterocycles. The third-order valence-electron chi connectivity index (χ3n) is 6.76. The Morgan fingerprint density at radius 1 is 0.974 bits per heavy atom. The number of nitrogens with two attached hydrogens (primary N) is 1.